The number of benzene rings is 1. The van der Waals surface area contributed by atoms with E-state index in [4.69, 9.17) is 18.7 Å². The van der Waals surface area contributed by atoms with Crippen LogP contribution in [0.1, 0.15) is 5.56 Å². The van der Waals surface area contributed by atoms with Gasteiger partial charge in [-0.1, -0.05) is 17.7 Å². The van der Waals surface area contributed by atoms with Gasteiger partial charge < -0.3 is 18.7 Å². The van der Waals surface area contributed by atoms with Gasteiger partial charge in [-0.05, 0) is 19.1 Å². The standard InChI is InChI=1S/C14H20BNO4/c1-12-2-4-13(5-3-12)17-11-14-10-16-6-8-18-15(20-14)19-9-7-16/h2-5,14H,6-11H2,1H3/t14-/m1/s1. The summed E-state index contributed by atoms with van der Waals surface area (Å²) in [5.41, 5.74) is 1.22. The van der Waals surface area contributed by atoms with E-state index < -0.39 is 7.32 Å². The molecule has 4 rings (SSSR count). The molecular weight excluding hydrogens is 257 g/mol. The fourth-order valence-electron chi connectivity index (χ4n) is 2.38. The van der Waals surface area contributed by atoms with E-state index in [1.165, 1.54) is 5.56 Å². The molecule has 6 heteroatoms. The van der Waals surface area contributed by atoms with Gasteiger partial charge in [0.2, 0.25) is 0 Å². The lowest BCUT2D eigenvalue weighted by Crippen LogP contribution is -2.51. The Labute approximate surface area is 119 Å². The Bertz CT molecular complexity index is 404. The molecule has 5 nitrogen and oxygen atoms in total. The maximum absolute atomic E-state index is 5.80. The summed E-state index contributed by atoms with van der Waals surface area (Å²) in [6, 6.07) is 8.04. The third kappa shape index (κ3) is 3.73. The Kier molecular flexibility index (Phi) is 4.57. The Morgan fingerprint density at radius 1 is 1.20 bits per heavy atom. The van der Waals surface area contributed by atoms with Crippen molar-refractivity contribution >= 4 is 7.32 Å². The molecule has 3 saturated heterocycles. The predicted octanol–water partition coefficient (Wildman–Crippen LogP) is 1.11. The number of rotatable bonds is 3. The van der Waals surface area contributed by atoms with E-state index in [9.17, 15) is 0 Å². The predicted molar refractivity (Wildman–Crippen MR) is 75.6 cm³/mol. The fourth-order valence-corrected chi connectivity index (χ4v) is 2.38. The molecule has 0 aliphatic carbocycles. The first-order chi connectivity index (χ1) is 9.79. The van der Waals surface area contributed by atoms with Crippen LogP contribution in [0.3, 0.4) is 0 Å². The third-order valence-corrected chi connectivity index (χ3v) is 3.55. The van der Waals surface area contributed by atoms with Crippen molar-refractivity contribution in [2.45, 2.75) is 13.0 Å². The SMILES string of the molecule is Cc1ccc(OC[C@H]2CN3CCOB(OCC3)O2)cc1. The molecular formula is C14H20BNO4. The second kappa shape index (κ2) is 6.58. The Hall–Kier alpha value is -1.08. The monoisotopic (exact) mass is 277 g/mol. The topological polar surface area (TPSA) is 40.2 Å². The summed E-state index contributed by atoms with van der Waals surface area (Å²) in [5.74, 6) is 0.864. The second-order valence-corrected chi connectivity index (χ2v) is 5.21. The maximum Gasteiger partial charge on any atom is 0.639 e. The fraction of sp³-hybridized carbons (Fsp3) is 0.571. The molecule has 0 amide bonds. The number of aryl methyl sites for hydroxylation is 1. The molecule has 1 atom stereocenters. The van der Waals surface area contributed by atoms with Crippen molar-refractivity contribution in [1.82, 2.24) is 4.90 Å². The molecule has 0 spiro atoms. The van der Waals surface area contributed by atoms with Gasteiger partial charge in [0.15, 0.2) is 0 Å². The van der Waals surface area contributed by atoms with Crippen molar-refractivity contribution in [3.8, 4) is 5.75 Å². The molecule has 3 aliphatic rings. The number of nitrogens with zero attached hydrogens (tertiary/aromatic N) is 1. The largest absolute Gasteiger partial charge is 0.639 e. The number of hydrogen-bond donors (Lipinski definition) is 0. The highest BCUT2D eigenvalue weighted by Crippen LogP contribution is 2.15. The lowest BCUT2D eigenvalue weighted by Gasteiger charge is -2.34. The van der Waals surface area contributed by atoms with Gasteiger partial charge in [-0.3, -0.25) is 4.90 Å². The third-order valence-electron chi connectivity index (χ3n) is 3.55. The van der Waals surface area contributed by atoms with E-state index in [2.05, 4.69) is 11.8 Å². The normalized spacial score (nSPS) is 26.8. The van der Waals surface area contributed by atoms with Gasteiger partial charge in [-0.2, -0.15) is 0 Å². The molecule has 0 unspecified atom stereocenters. The van der Waals surface area contributed by atoms with E-state index in [-0.39, 0.29) is 6.10 Å². The van der Waals surface area contributed by atoms with E-state index in [0.717, 1.165) is 25.4 Å². The molecule has 3 fully saturated rings. The quantitative estimate of drug-likeness (QED) is 0.774. The van der Waals surface area contributed by atoms with E-state index >= 15 is 0 Å². The number of hydrogen-bond acceptors (Lipinski definition) is 5. The molecule has 0 radical (unpaired) electrons. The van der Waals surface area contributed by atoms with Crippen LogP contribution in [0.5, 0.6) is 5.75 Å². The molecule has 1 aromatic rings. The first-order valence-corrected chi connectivity index (χ1v) is 7.10. The summed E-state index contributed by atoms with van der Waals surface area (Å²) >= 11 is 0. The first-order valence-electron chi connectivity index (χ1n) is 7.10. The van der Waals surface area contributed by atoms with E-state index in [1.54, 1.807) is 0 Å². The Balaban J connectivity index is 1.57. The number of fused-ring (bicyclic) bond motifs is 6. The summed E-state index contributed by atoms with van der Waals surface area (Å²) in [6.45, 7) is 6.56. The zero-order valence-electron chi connectivity index (χ0n) is 11.8. The molecule has 2 bridgehead atoms. The highest BCUT2D eigenvalue weighted by Gasteiger charge is 2.32. The van der Waals surface area contributed by atoms with Crippen LogP contribution in [0.25, 0.3) is 0 Å². The molecule has 108 valence electrons. The smallest absolute Gasteiger partial charge is 0.491 e. The van der Waals surface area contributed by atoms with Gasteiger partial charge in [0, 0.05) is 32.8 Å². The van der Waals surface area contributed by atoms with Crippen LogP contribution >= 0.6 is 0 Å². The molecule has 0 N–H and O–H groups in total. The Morgan fingerprint density at radius 3 is 2.60 bits per heavy atom. The van der Waals surface area contributed by atoms with Crippen LogP contribution in [0.2, 0.25) is 0 Å². The van der Waals surface area contributed by atoms with Crippen molar-refractivity contribution in [2.24, 2.45) is 0 Å². The summed E-state index contributed by atoms with van der Waals surface area (Å²) in [5, 5.41) is 0. The number of ether oxygens (including phenoxy) is 1. The van der Waals surface area contributed by atoms with E-state index in [0.29, 0.717) is 19.8 Å². The van der Waals surface area contributed by atoms with Crippen molar-refractivity contribution in [2.75, 3.05) is 39.5 Å². The van der Waals surface area contributed by atoms with Crippen molar-refractivity contribution in [3.05, 3.63) is 29.8 Å². The van der Waals surface area contributed by atoms with Crippen LogP contribution in [-0.4, -0.2) is 57.8 Å². The minimum atomic E-state index is -0.552. The summed E-state index contributed by atoms with van der Waals surface area (Å²) in [7, 11) is -0.552. The van der Waals surface area contributed by atoms with E-state index in [1.807, 2.05) is 24.3 Å². The van der Waals surface area contributed by atoms with Gasteiger partial charge in [-0.15, -0.1) is 0 Å². The van der Waals surface area contributed by atoms with Crippen LogP contribution in [0.4, 0.5) is 0 Å². The van der Waals surface area contributed by atoms with Gasteiger partial charge in [0.1, 0.15) is 12.4 Å². The molecule has 20 heavy (non-hydrogen) atoms. The van der Waals surface area contributed by atoms with Crippen molar-refractivity contribution < 1.29 is 18.7 Å². The molecule has 0 saturated carbocycles. The van der Waals surface area contributed by atoms with Gasteiger partial charge in [0.05, 0.1) is 6.10 Å². The minimum absolute atomic E-state index is 0.0399. The Morgan fingerprint density at radius 2 is 1.90 bits per heavy atom. The van der Waals surface area contributed by atoms with Crippen molar-refractivity contribution in [3.63, 3.8) is 0 Å². The summed E-state index contributed by atoms with van der Waals surface area (Å²) in [4.78, 5) is 2.29. The van der Waals surface area contributed by atoms with Crippen LogP contribution in [0, 0.1) is 6.92 Å². The highest BCUT2D eigenvalue weighted by molar-refractivity contribution is 6.36. The van der Waals surface area contributed by atoms with Crippen LogP contribution in [0.15, 0.2) is 24.3 Å². The summed E-state index contributed by atoms with van der Waals surface area (Å²) in [6.07, 6.45) is -0.0399. The minimum Gasteiger partial charge on any atom is -0.491 e. The lowest BCUT2D eigenvalue weighted by atomic mass is 10.1. The molecule has 0 aromatic heterocycles. The average Bonchev–Trinajstić information content (AvgIpc) is 2.37. The maximum atomic E-state index is 5.80. The van der Waals surface area contributed by atoms with Crippen LogP contribution < -0.4 is 4.74 Å². The van der Waals surface area contributed by atoms with Gasteiger partial charge in [-0.25, -0.2) is 0 Å². The molecule has 1 aromatic carbocycles. The summed E-state index contributed by atoms with van der Waals surface area (Å²) < 4.78 is 22.6. The second-order valence-electron chi connectivity index (χ2n) is 5.21. The van der Waals surface area contributed by atoms with Gasteiger partial charge in [0.25, 0.3) is 0 Å². The average molecular weight is 277 g/mol. The molecule has 3 heterocycles. The van der Waals surface area contributed by atoms with Gasteiger partial charge >= 0.3 is 7.32 Å². The zero-order chi connectivity index (χ0) is 13.8. The van der Waals surface area contributed by atoms with Crippen LogP contribution in [-0.2, 0) is 14.0 Å². The van der Waals surface area contributed by atoms with Crippen molar-refractivity contribution in [1.29, 1.82) is 0 Å². The zero-order valence-corrected chi connectivity index (χ0v) is 11.8. The molecule has 3 aliphatic heterocycles. The lowest BCUT2D eigenvalue weighted by molar-refractivity contribution is -0.0321. The highest BCUT2D eigenvalue weighted by atomic mass is 16.7. The first kappa shape index (κ1) is 13.9.